The van der Waals surface area contributed by atoms with Crippen LogP contribution in [0.15, 0.2) is 77.7 Å². The van der Waals surface area contributed by atoms with Gasteiger partial charge in [0.2, 0.25) is 10.0 Å². The third kappa shape index (κ3) is 6.20. The van der Waals surface area contributed by atoms with Gasteiger partial charge in [-0.05, 0) is 49.7 Å². The molecule has 1 aliphatic rings. The van der Waals surface area contributed by atoms with E-state index in [0.717, 1.165) is 11.1 Å². The number of nitrogens with zero attached hydrogens (tertiary/aromatic N) is 2. The molecular formula is C28H32N2O5S. The van der Waals surface area contributed by atoms with Crippen LogP contribution in [-0.2, 0) is 10.0 Å². The average molecular weight is 509 g/mol. The van der Waals surface area contributed by atoms with Crippen molar-refractivity contribution >= 4 is 15.8 Å². The second-order valence-electron chi connectivity index (χ2n) is 9.16. The summed E-state index contributed by atoms with van der Waals surface area (Å²) < 4.78 is 33.4. The molecule has 1 heterocycles. The second-order valence-corrected chi connectivity index (χ2v) is 11.1. The fraction of sp³-hybridized carbons (Fsp3) is 0.321. The van der Waals surface area contributed by atoms with Gasteiger partial charge in [0.15, 0.2) is 5.78 Å². The number of hydrogen-bond acceptors (Lipinski definition) is 6. The van der Waals surface area contributed by atoms with Gasteiger partial charge in [-0.15, -0.1) is 0 Å². The Morgan fingerprint density at radius 1 is 0.917 bits per heavy atom. The fourth-order valence-electron chi connectivity index (χ4n) is 4.38. The van der Waals surface area contributed by atoms with E-state index in [1.54, 1.807) is 42.5 Å². The Kier molecular flexibility index (Phi) is 8.21. The normalized spacial score (nSPS) is 16.0. The number of piperazine rings is 1. The Labute approximate surface area is 213 Å². The predicted octanol–water partition coefficient (Wildman–Crippen LogP) is 3.28. The van der Waals surface area contributed by atoms with Crippen LogP contribution in [0.25, 0.3) is 0 Å². The van der Waals surface area contributed by atoms with Gasteiger partial charge in [-0.2, -0.15) is 4.31 Å². The number of hydrogen-bond donors (Lipinski definition) is 1. The van der Waals surface area contributed by atoms with E-state index in [1.165, 1.54) is 4.31 Å². The molecule has 0 aromatic heterocycles. The van der Waals surface area contributed by atoms with Crippen LogP contribution >= 0.6 is 0 Å². The van der Waals surface area contributed by atoms with Crippen LogP contribution in [0.3, 0.4) is 0 Å². The van der Waals surface area contributed by atoms with Crippen LogP contribution < -0.4 is 4.74 Å². The third-order valence-corrected chi connectivity index (χ3v) is 8.40. The molecular weight excluding hydrogens is 476 g/mol. The van der Waals surface area contributed by atoms with E-state index in [1.807, 2.05) is 49.1 Å². The number of β-amino-alcohol motifs (C(OH)–C–C–N with tert-alkyl or cyclic N) is 1. The molecule has 1 saturated heterocycles. The number of carbonyl (C=O) groups excluding carboxylic acids is 1. The number of ketones is 1. The van der Waals surface area contributed by atoms with E-state index in [9.17, 15) is 18.3 Å². The summed E-state index contributed by atoms with van der Waals surface area (Å²) in [5.74, 6) is 0.518. The molecule has 3 aromatic carbocycles. The highest BCUT2D eigenvalue weighted by atomic mass is 32.2. The quantitative estimate of drug-likeness (QED) is 0.447. The van der Waals surface area contributed by atoms with E-state index >= 15 is 0 Å². The van der Waals surface area contributed by atoms with Crippen LogP contribution in [0.5, 0.6) is 5.75 Å². The zero-order valence-electron chi connectivity index (χ0n) is 20.6. The number of sulfonamides is 1. The first-order chi connectivity index (χ1) is 17.2. The molecule has 36 heavy (non-hydrogen) atoms. The van der Waals surface area contributed by atoms with Crippen LogP contribution in [0, 0.1) is 13.8 Å². The Hall–Kier alpha value is -3.04. The zero-order valence-corrected chi connectivity index (χ0v) is 21.4. The molecule has 0 amide bonds. The summed E-state index contributed by atoms with van der Waals surface area (Å²) in [7, 11) is -3.54. The van der Waals surface area contributed by atoms with E-state index in [0.29, 0.717) is 54.5 Å². The second kappa shape index (κ2) is 11.3. The molecule has 1 N–H and O–H groups in total. The number of aliphatic hydroxyl groups excluding tert-OH is 1. The summed E-state index contributed by atoms with van der Waals surface area (Å²) in [5, 5.41) is 10.5. The standard InChI is InChI=1S/C28H32N2O5S/c1-21-8-13-27(22(2)18-21)36(33,34)30-16-14-29(15-17-30)19-25(31)20-35-26-11-9-24(10-12-26)28(32)23-6-4-3-5-7-23/h3-13,18,25,31H,14-17,19-20H2,1-2H3. The minimum Gasteiger partial charge on any atom is -0.491 e. The lowest BCUT2D eigenvalue weighted by atomic mass is 10.0. The van der Waals surface area contributed by atoms with Gasteiger partial charge in [0.1, 0.15) is 18.5 Å². The highest BCUT2D eigenvalue weighted by Crippen LogP contribution is 2.22. The first kappa shape index (κ1) is 26.0. The van der Waals surface area contributed by atoms with Crippen molar-refractivity contribution in [2.45, 2.75) is 24.8 Å². The molecule has 1 atom stereocenters. The monoisotopic (exact) mass is 508 g/mol. The number of benzene rings is 3. The van der Waals surface area contributed by atoms with E-state index in [2.05, 4.69) is 0 Å². The third-order valence-electron chi connectivity index (χ3n) is 6.34. The van der Waals surface area contributed by atoms with Crippen molar-refractivity contribution in [3.8, 4) is 5.75 Å². The summed E-state index contributed by atoms with van der Waals surface area (Å²) >= 11 is 0. The molecule has 190 valence electrons. The first-order valence-electron chi connectivity index (χ1n) is 12.0. The van der Waals surface area contributed by atoms with Crippen LogP contribution in [0.4, 0.5) is 0 Å². The number of rotatable bonds is 9. The van der Waals surface area contributed by atoms with E-state index < -0.39 is 16.1 Å². The Balaban J connectivity index is 1.24. The predicted molar refractivity (Wildman–Crippen MR) is 139 cm³/mol. The van der Waals surface area contributed by atoms with Crippen LogP contribution in [0.1, 0.15) is 27.0 Å². The lowest BCUT2D eigenvalue weighted by Gasteiger charge is -2.35. The maximum absolute atomic E-state index is 13.1. The van der Waals surface area contributed by atoms with Crippen molar-refractivity contribution in [3.63, 3.8) is 0 Å². The summed E-state index contributed by atoms with van der Waals surface area (Å²) in [6, 6.07) is 21.3. The average Bonchev–Trinajstić information content (AvgIpc) is 2.88. The highest BCUT2D eigenvalue weighted by Gasteiger charge is 2.30. The zero-order chi connectivity index (χ0) is 25.7. The van der Waals surface area contributed by atoms with E-state index in [-0.39, 0.29) is 12.4 Å². The summed E-state index contributed by atoms with van der Waals surface area (Å²) in [4.78, 5) is 14.9. The minimum absolute atomic E-state index is 0.0547. The maximum atomic E-state index is 13.1. The Morgan fingerprint density at radius 3 is 2.19 bits per heavy atom. The lowest BCUT2D eigenvalue weighted by Crippen LogP contribution is -2.50. The fourth-order valence-corrected chi connectivity index (χ4v) is 6.01. The van der Waals surface area contributed by atoms with Gasteiger partial charge in [-0.1, -0.05) is 48.0 Å². The molecule has 4 rings (SSSR count). The van der Waals surface area contributed by atoms with Crippen molar-refractivity contribution in [2.24, 2.45) is 0 Å². The molecule has 1 fully saturated rings. The molecule has 0 spiro atoms. The highest BCUT2D eigenvalue weighted by molar-refractivity contribution is 7.89. The van der Waals surface area contributed by atoms with Gasteiger partial charge in [0, 0.05) is 43.9 Å². The van der Waals surface area contributed by atoms with Crippen molar-refractivity contribution in [2.75, 3.05) is 39.3 Å². The minimum atomic E-state index is -3.54. The van der Waals surface area contributed by atoms with Crippen molar-refractivity contribution in [3.05, 3.63) is 95.1 Å². The maximum Gasteiger partial charge on any atom is 0.243 e. The van der Waals surface area contributed by atoms with Gasteiger partial charge in [-0.25, -0.2) is 8.42 Å². The Morgan fingerprint density at radius 2 is 1.56 bits per heavy atom. The number of aryl methyl sites for hydroxylation is 2. The van der Waals surface area contributed by atoms with Gasteiger partial charge in [-0.3, -0.25) is 9.69 Å². The largest absolute Gasteiger partial charge is 0.491 e. The molecule has 0 bridgehead atoms. The van der Waals surface area contributed by atoms with Gasteiger partial charge >= 0.3 is 0 Å². The van der Waals surface area contributed by atoms with Crippen molar-refractivity contribution in [1.82, 2.24) is 9.21 Å². The van der Waals surface area contributed by atoms with Crippen molar-refractivity contribution in [1.29, 1.82) is 0 Å². The lowest BCUT2D eigenvalue weighted by molar-refractivity contribution is 0.0569. The molecule has 1 aliphatic heterocycles. The Bertz CT molecular complexity index is 1290. The molecule has 0 saturated carbocycles. The smallest absolute Gasteiger partial charge is 0.243 e. The molecule has 0 aliphatic carbocycles. The van der Waals surface area contributed by atoms with Gasteiger partial charge in [0.25, 0.3) is 0 Å². The summed E-state index contributed by atoms with van der Waals surface area (Å²) in [6.07, 6.45) is -0.724. The molecule has 0 radical (unpaired) electrons. The van der Waals surface area contributed by atoms with Crippen LogP contribution in [-0.4, -0.2) is 73.9 Å². The molecule has 8 heteroatoms. The van der Waals surface area contributed by atoms with Gasteiger partial charge in [0.05, 0.1) is 4.90 Å². The first-order valence-corrected chi connectivity index (χ1v) is 13.5. The number of carbonyl (C=O) groups is 1. The topological polar surface area (TPSA) is 87.2 Å². The molecule has 3 aromatic rings. The number of aliphatic hydroxyl groups is 1. The van der Waals surface area contributed by atoms with E-state index in [4.69, 9.17) is 4.74 Å². The number of ether oxygens (including phenoxy) is 1. The van der Waals surface area contributed by atoms with Crippen molar-refractivity contribution < 1.29 is 23.1 Å². The van der Waals surface area contributed by atoms with Crippen LogP contribution in [0.2, 0.25) is 0 Å². The molecule has 7 nitrogen and oxygen atoms in total. The summed E-state index contributed by atoms with van der Waals surface area (Å²) in [6.45, 7) is 6.09. The molecule has 1 unspecified atom stereocenters. The SMILES string of the molecule is Cc1ccc(S(=O)(=O)N2CCN(CC(O)COc3ccc(C(=O)c4ccccc4)cc3)CC2)c(C)c1. The van der Waals surface area contributed by atoms with Gasteiger partial charge < -0.3 is 9.84 Å². The summed E-state index contributed by atoms with van der Waals surface area (Å²) in [5.41, 5.74) is 2.98.